The first-order valence-corrected chi connectivity index (χ1v) is 14.4. The summed E-state index contributed by atoms with van der Waals surface area (Å²) in [7, 11) is -0.706. The van der Waals surface area contributed by atoms with Gasteiger partial charge in [0.05, 0.1) is 25.9 Å². The van der Waals surface area contributed by atoms with Crippen LogP contribution >= 0.6 is 11.6 Å². The molecular formula is C28H33ClO3Si. The SMILES string of the molecule is CCCC[Si](OC[C@@H]1CC[C@H](c2ccc(Cl)cc2OC)O1)(c1ccccc1)c1ccccc1. The Kier molecular flexibility index (Phi) is 8.26. The lowest BCUT2D eigenvalue weighted by Gasteiger charge is -2.33. The van der Waals surface area contributed by atoms with Crippen LogP contribution in [0, 0.1) is 0 Å². The second-order valence-electron chi connectivity index (χ2n) is 8.68. The zero-order valence-electron chi connectivity index (χ0n) is 19.5. The van der Waals surface area contributed by atoms with Gasteiger partial charge in [0.25, 0.3) is 8.32 Å². The number of hydrogen-bond acceptors (Lipinski definition) is 3. The number of hydrogen-bond donors (Lipinski definition) is 0. The van der Waals surface area contributed by atoms with Gasteiger partial charge in [-0.05, 0) is 41.4 Å². The minimum absolute atomic E-state index is 0.00553. The maximum Gasteiger partial charge on any atom is 0.255 e. The van der Waals surface area contributed by atoms with E-state index >= 15 is 0 Å². The van der Waals surface area contributed by atoms with E-state index in [-0.39, 0.29) is 12.2 Å². The molecule has 3 aromatic rings. The highest BCUT2D eigenvalue weighted by atomic mass is 35.5. The monoisotopic (exact) mass is 480 g/mol. The standard InChI is InChI=1S/C28H33ClO3Si/c1-3-4-19-33(24-11-7-5-8-12-24,25-13-9-6-10-14-25)31-21-23-16-18-27(32-23)26-17-15-22(29)20-28(26)30-2/h5-15,17,20,23,27H,3-4,16,18-19,21H2,1-2H3/t23-,27+/m0/s1. The molecule has 1 saturated heterocycles. The van der Waals surface area contributed by atoms with E-state index in [0.717, 1.165) is 43.0 Å². The fourth-order valence-electron chi connectivity index (χ4n) is 4.78. The molecule has 1 heterocycles. The van der Waals surface area contributed by atoms with Gasteiger partial charge in [-0.1, -0.05) is 98.1 Å². The summed E-state index contributed by atoms with van der Waals surface area (Å²) in [5.41, 5.74) is 1.06. The van der Waals surface area contributed by atoms with Gasteiger partial charge in [0, 0.05) is 10.6 Å². The smallest absolute Gasteiger partial charge is 0.255 e. The maximum absolute atomic E-state index is 7.01. The molecule has 0 amide bonds. The lowest BCUT2D eigenvalue weighted by molar-refractivity contribution is 0.0149. The highest BCUT2D eigenvalue weighted by Gasteiger charge is 2.40. The quantitative estimate of drug-likeness (QED) is 0.326. The van der Waals surface area contributed by atoms with Crippen molar-refractivity contribution in [2.45, 2.75) is 50.9 Å². The molecule has 0 N–H and O–H groups in total. The van der Waals surface area contributed by atoms with E-state index in [1.807, 2.05) is 18.2 Å². The lowest BCUT2D eigenvalue weighted by atomic mass is 10.1. The van der Waals surface area contributed by atoms with E-state index in [0.29, 0.717) is 11.6 Å². The van der Waals surface area contributed by atoms with Crippen molar-refractivity contribution in [2.24, 2.45) is 0 Å². The van der Waals surface area contributed by atoms with Crippen LogP contribution in [0.4, 0.5) is 0 Å². The van der Waals surface area contributed by atoms with Crippen LogP contribution in [0.2, 0.25) is 11.1 Å². The Bertz CT molecular complexity index is 973. The molecule has 0 saturated carbocycles. The Morgan fingerprint density at radius 1 is 0.939 bits per heavy atom. The van der Waals surface area contributed by atoms with Crippen molar-refractivity contribution < 1.29 is 13.9 Å². The number of ether oxygens (including phenoxy) is 2. The summed E-state index contributed by atoms with van der Waals surface area (Å²) in [5, 5.41) is 3.34. The van der Waals surface area contributed by atoms with Crippen molar-refractivity contribution in [3.8, 4) is 5.75 Å². The molecule has 4 rings (SSSR count). The molecule has 0 bridgehead atoms. The molecular weight excluding hydrogens is 448 g/mol. The van der Waals surface area contributed by atoms with Crippen molar-refractivity contribution >= 4 is 30.3 Å². The third-order valence-corrected chi connectivity index (χ3v) is 11.0. The third-order valence-electron chi connectivity index (χ3n) is 6.53. The van der Waals surface area contributed by atoms with Crippen LogP contribution in [0.5, 0.6) is 5.75 Å². The molecule has 3 nitrogen and oxygen atoms in total. The molecule has 1 aliphatic heterocycles. The topological polar surface area (TPSA) is 27.7 Å². The second-order valence-corrected chi connectivity index (χ2v) is 12.7. The zero-order chi connectivity index (χ0) is 23.1. The largest absolute Gasteiger partial charge is 0.496 e. The van der Waals surface area contributed by atoms with Gasteiger partial charge in [-0.25, -0.2) is 0 Å². The minimum atomic E-state index is -2.38. The average Bonchev–Trinajstić information content (AvgIpc) is 3.34. The molecule has 1 fully saturated rings. The number of benzene rings is 3. The Labute approximate surface area is 203 Å². The Hall–Kier alpha value is -2.11. The summed E-state index contributed by atoms with van der Waals surface area (Å²) in [6, 6.07) is 28.5. The van der Waals surface area contributed by atoms with Gasteiger partial charge in [-0.15, -0.1) is 0 Å². The summed E-state index contributed by atoms with van der Waals surface area (Å²) >= 11 is 6.15. The highest BCUT2D eigenvalue weighted by Crippen LogP contribution is 2.38. The first kappa shape index (κ1) is 24.0. The van der Waals surface area contributed by atoms with Gasteiger partial charge in [0.1, 0.15) is 5.75 Å². The lowest BCUT2D eigenvalue weighted by Crippen LogP contribution is -2.61. The molecule has 5 heteroatoms. The van der Waals surface area contributed by atoms with E-state index in [4.69, 9.17) is 25.5 Å². The normalized spacial score (nSPS) is 18.4. The predicted molar refractivity (Wildman–Crippen MR) is 138 cm³/mol. The number of rotatable bonds is 10. The Morgan fingerprint density at radius 3 is 2.21 bits per heavy atom. The fraction of sp³-hybridized carbons (Fsp3) is 0.357. The van der Waals surface area contributed by atoms with Gasteiger partial charge < -0.3 is 13.9 Å². The Morgan fingerprint density at radius 2 is 1.61 bits per heavy atom. The predicted octanol–water partition coefficient (Wildman–Crippen LogP) is 6.15. The van der Waals surface area contributed by atoms with Crippen LogP contribution < -0.4 is 15.1 Å². The first-order chi connectivity index (χ1) is 16.2. The number of unbranched alkanes of at least 4 members (excludes halogenated alkanes) is 1. The zero-order valence-corrected chi connectivity index (χ0v) is 21.3. The van der Waals surface area contributed by atoms with Gasteiger partial charge in [0.15, 0.2) is 0 Å². The van der Waals surface area contributed by atoms with E-state index in [9.17, 15) is 0 Å². The summed E-state index contributed by atoms with van der Waals surface area (Å²) in [6.45, 7) is 2.85. The summed E-state index contributed by atoms with van der Waals surface area (Å²) in [6.07, 6.45) is 4.29. The molecule has 3 aromatic carbocycles. The summed E-state index contributed by atoms with van der Waals surface area (Å²) in [5.74, 6) is 0.786. The van der Waals surface area contributed by atoms with E-state index in [1.165, 1.54) is 10.4 Å². The van der Waals surface area contributed by atoms with Crippen LogP contribution in [-0.4, -0.2) is 28.1 Å². The molecule has 1 aliphatic rings. The van der Waals surface area contributed by atoms with Crippen molar-refractivity contribution in [1.82, 2.24) is 0 Å². The average molecular weight is 481 g/mol. The molecule has 33 heavy (non-hydrogen) atoms. The van der Waals surface area contributed by atoms with E-state index in [1.54, 1.807) is 7.11 Å². The van der Waals surface area contributed by atoms with Crippen LogP contribution in [-0.2, 0) is 9.16 Å². The Balaban J connectivity index is 1.55. The molecule has 0 aliphatic carbocycles. The summed E-state index contributed by atoms with van der Waals surface area (Å²) in [4.78, 5) is 0. The van der Waals surface area contributed by atoms with Gasteiger partial charge in [0.2, 0.25) is 0 Å². The molecule has 0 spiro atoms. The first-order valence-electron chi connectivity index (χ1n) is 11.9. The van der Waals surface area contributed by atoms with E-state index in [2.05, 4.69) is 67.6 Å². The van der Waals surface area contributed by atoms with Crippen LogP contribution in [0.3, 0.4) is 0 Å². The van der Waals surface area contributed by atoms with Crippen molar-refractivity contribution in [2.75, 3.05) is 13.7 Å². The molecule has 174 valence electrons. The van der Waals surface area contributed by atoms with Crippen molar-refractivity contribution in [3.63, 3.8) is 0 Å². The van der Waals surface area contributed by atoms with Crippen LogP contribution in [0.15, 0.2) is 78.9 Å². The van der Waals surface area contributed by atoms with Gasteiger partial charge in [-0.2, -0.15) is 0 Å². The number of methoxy groups -OCH3 is 1. The van der Waals surface area contributed by atoms with Gasteiger partial charge in [-0.3, -0.25) is 0 Å². The maximum atomic E-state index is 7.01. The molecule has 0 radical (unpaired) electrons. The minimum Gasteiger partial charge on any atom is -0.496 e. The van der Waals surface area contributed by atoms with Crippen LogP contribution in [0.25, 0.3) is 0 Å². The molecule has 0 unspecified atom stereocenters. The summed E-state index contributed by atoms with van der Waals surface area (Å²) < 4.78 is 19.0. The highest BCUT2D eigenvalue weighted by molar-refractivity contribution is 6.97. The van der Waals surface area contributed by atoms with Crippen molar-refractivity contribution in [1.29, 1.82) is 0 Å². The fourth-order valence-corrected chi connectivity index (χ4v) is 9.11. The van der Waals surface area contributed by atoms with Crippen molar-refractivity contribution in [3.05, 3.63) is 89.4 Å². The van der Waals surface area contributed by atoms with Crippen LogP contribution in [0.1, 0.15) is 44.3 Å². The molecule has 2 atom stereocenters. The molecule has 0 aromatic heterocycles. The number of halogens is 1. The third kappa shape index (κ3) is 5.52. The van der Waals surface area contributed by atoms with E-state index < -0.39 is 8.32 Å². The second kappa shape index (κ2) is 11.3. The van der Waals surface area contributed by atoms with Gasteiger partial charge >= 0.3 is 0 Å².